The third-order valence-corrected chi connectivity index (χ3v) is 5.72. The van der Waals surface area contributed by atoms with Crippen molar-refractivity contribution in [3.05, 3.63) is 46.6 Å². The number of hydrogen-bond acceptors (Lipinski definition) is 6. The van der Waals surface area contributed by atoms with Crippen molar-refractivity contribution in [3.8, 4) is 11.5 Å². The molecule has 1 aromatic carbocycles. The van der Waals surface area contributed by atoms with Gasteiger partial charge in [-0.15, -0.1) is 11.3 Å². The molecule has 4 rings (SSSR count). The summed E-state index contributed by atoms with van der Waals surface area (Å²) in [5.74, 6) is 2.97. The number of hydrogen-bond donors (Lipinski definition) is 1. The maximum atomic E-state index is 7.40. The number of nitrogens with zero attached hydrogens (tertiary/aromatic N) is 3. The van der Waals surface area contributed by atoms with Gasteiger partial charge in [0, 0.05) is 17.8 Å². The number of ether oxygens (including phenoxy) is 2. The Morgan fingerprint density at radius 2 is 2.00 bits per heavy atom. The van der Waals surface area contributed by atoms with Crippen LogP contribution in [-0.4, -0.2) is 30.2 Å². The van der Waals surface area contributed by atoms with Crippen molar-refractivity contribution in [2.45, 2.75) is 32.2 Å². The largest absolute Gasteiger partial charge is 0.493 e. The maximum Gasteiger partial charge on any atom is 0.246 e. The molecule has 1 N–H and O–H groups in total. The number of anilines is 1. The van der Waals surface area contributed by atoms with Crippen LogP contribution >= 0.6 is 11.3 Å². The second-order valence-electron chi connectivity index (χ2n) is 6.60. The van der Waals surface area contributed by atoms with E-state index in [0.717, 1.165) is 45.8 Å². The van der Waals surface area contributed by atoms with Gasteiger partial charge >= 0.3 is 0 Å². The van der Waals surface area contributed by atoms with Gasteiger partial charge in [-0.3, -0.25) is 0 Å². The van der Waals surface area contributed by atoms with Crippen molar-refractivity contribution in [1.82, 2.24) is 9.97 Å². The fraction of sp³-hybridized carbons (Fsp3) is 0.350. The molecule has 2 heterocycles. The van der Waals surface area contributed by atoms with Gasteiger partial charge < -0.3 is 14.8 Å². The monoisotopic (exact) mass is 380 g/mol. The van der Waals surface area contributed by atoms with E-state index in [9.17, 15) is 0 Å². The number of rotatable bonds is 6. The van der Waals surface area contributed by atoms with Crippen LogP contribution in [0.5, 0.6) is 11.5 Å². The van der Waals surface area contributed by atoms with Crippen LogP contribution in [0.3, 0.4) is 0 Å². The van der Waals surface area contributed by atoms with Crippen molar-refractivity contribution in [2.24, 2.45) is 0 Å². The van der Waals surface area contributed by atoms with Crippen LogP contribution in [0.25, 0.3) is 15.1 Å². The van der Waals surface area contributed by atoms with Crippen LogP contribution in [0.4, 0.5) is 10.8 Å². The maximum absolute atomic E-state index is 7.40. The third-order valence-electron chi connectivity index (χ3n) is 4.64. The van der Waals surface area contributed by atoms with Crippen LogP contribution in [0.1, 0.15) is 29.8 Å². The second-order valence-corrected chi connectivity index (χ2v) is 7.57. The fourth-order valence-electron chi connectivity index (χ4n) is 3.06. The van der Waals surface area contributed by atoms with E-state index in [1.165, 1.54) is 11.3 Å². The SMILES string of the molecule is [C-]#[N+]c1sc2nc(Cc3ccc(OC)c(OC)c3)nc(NC3CC3)c2c1C. The zero-order valence-corrected chi connectivity index (χ0v) is 16.3. The number of thiophene rings is 1. The van der Waals surface area contributed by atoms with Gasteiger partial charge in [-0.1, -0.05) is 6.07 Å². The minimum atomic E-state index is 0.479. The van der Waals surface area contributed by atoms with E-state index in [1.54, 1.807) is 14.2 Å². The molecule has 0 amide bonds. The molecule has 0 unspecified atom stereocenters. The summed E-state index contributed by atoms with van der Waals surface area (Å²) >= 11 is 1.43. The number of nitrogens with one attached hydrogen (secondary N) is 1. The minimum Gasteiger partial charge on any atom is -0.493 e. The first kappa shape index (κ1) is 17.6. The van der Waals surface area contributed by atoms with E-state index in [4.69, 9.17) is 26.0 Å². The summed E-state index contributed by atoms with van der Waals surface area (Å²) in [6.45, 7) is 9.37. The zero-order chi connectivity index (χ0) is 19.0. The average Bonchev–Trinajstić information content (AvgIpc) is 3.43. The van der Waals surface area contributed by atoms with Crippen molar-refractivity contribution >= 4 is 32.4 Å². The molecule has 1 aliphatic carbocycles. The molecule has 6 nitrogen and oxygen atoms in total. The van der Waals surface area contributed by atoms with Gasteiger partial charge in [-0.25, -0.2) is 14.8 Å². The fourth-order valence-corrected chi connectivity index (χ4v) is 4.04. The number of methoxy groups -OCH3 is 2. The predicted molar refractivity (Wildman–Crippen MR) is 107 cm³/mol. The summed E-state index contributed by atoms with van der Waals surface area (Å²) in [7, 11) is 3.25. The van der Waals surface area contributed by atoms with Crippen LogP contribution < -0.4 is 14.8 Å². The van der Waals surface area contributed by atoms with E-state index < -0.39 is 0 Å². The number of aromatic nitrogens is 2. The Bertz CT molecular complexity index is 1050. The second kappa shape index (κ2) is 7.05. The van der Waals surface area contributed by atoms with Crippen molar-refractivity contribution in [2.75, 3.05) is 19.5 Å². The van der Waals surface area contributed by atoms with E-state index >= 15 is 0 Å². The Labute approximate surface area is 162 Å². The Kier molecular flexibility index (Phi) is 4.58. The van der Waals surface area contributed by atoms with Gasteiger partial charge in [0.15, 0.2) is 11.5 Å². The van der Waals surface area contributed by atoms with E-state index in [-0.39, 0.29) is 0 Å². The van der Waals surface area contributed by atoms with E-state index in [1.807, 2.05) is 25.1 Å². The van der Waals surface area contributed by atoms with Crippen molar-refractivity contribution < 1.29 is 9.47 Å². The summed E-state index contributed by atoms with van der Waals surface area (Å²) in [5, 5.41) is 5.17. The molecule has 0 aliphatic heterocycles. The number of benzene rings is 1. The molecular weight excluding hydrogens is 360 g/mol. The summed E-state index contributed by atoms with van der Waals surface area (Å²) in [6, 6.07) is 6.31. The zero-order valence-electron chi connectivity index (χ0n) is 15.5. The third kappa shape index (κ3) is 3.40. The summed E-state index contributed by atoms with van der Waals surface area (Å²) in [6.07, 6.45) is 2.91. The molecule has 1 fully saturated rings. The Hall–Kier alpha value is -2.85. The highest BCUT2D eigenvalue weighted by molar-refractivity contribution is 7.22. The molecule has 0 radical (unpaired) electrons. The minimum absolute atomic E-state index is 0.479. The molecule has 27 heavy (non-hydrogen) atoms. The molecule has 7 heteroatoms. The number of fused-ring (bicyclic) bond motifs is 1. The predicted octanol–water partition coefficient (Wildman–Crippen LogP) is 4.73. The van der Waals surface area contributed by atoms with Gasteiger partial charge in [-0.05, 0) is 43.0 Å². The van der Waals surface area contributed by atoms with Gasteiger partial charge in [0.05, 0.1) is 20.8 Å². The van der Waals surface area contributed by atoms with Crippen molar-refractivity contribution in [3.63, 3.8) is 0 Å². The van der Waals surface area contributed by atoms with Crippen molar-refractivity contribution in [1.29, 1.82) is 0 Å². The average molecular weight is 380 g/mol. The lowest BCUT2D eigenvalue weighted by Gasteiger charge is -2.11. The standard InChI is InChI=1S/C20H20N4O2S/c1-11-17-18(22-13-6-7-13)23-16(24-20(17)27-19(11)21-2)10-12-5-8-14(25-3)15(9-12)26-4/h5,8-9,13H,6-7,10H2,1,3-4H3,(H,22,23,24). The molecule has 1 aliphatic rings. The van der Waals surface area contributed by atoms with Crippen LogP contribution in [0.15, 0.2) is 18.2 Å². The van der Waals surface area contributed by atoms with E-state index in [0.29, 0.717) is 29.0 Å². The lowest BCUT2D eigenvalue weighted by Crippen LogP contribution is -2.07. The highest BCUT2D eigenvalue weighted by atomic mass is 32.1. The molecule has 0 spiro atoms. The van der Waals surface area contributed by atoms with Gasteiger partial charge in [0.25, 0.3) is 0 Å². The molecule has 2 aromatic heterocycles. The first-order chi connectivity index (χ1) is 13.1. The Morgan fingerprint density at radius 1 is 1.22 bits per heavy atom. The first-order valence-electron chi connectivity index (χ1n) is 8.77. The molecule has 0 saturated heterocycles. The van der Waals surface area contributed by atoms with Gasteiger partial charge in [0.2, 0.25) is 5.00 Å². The Morgan fingerprint density at radius 3 is 2.67 bits per heavy atom. The number of aryl methyl sites for hydroxylation is 1. The summed E-state index contributed by atoms with van der Waals surface area (Å²) < 4.78 is 10.7. The highest BCUT2D eigenvalue weighted by Gasteiger charge is 2.24. The summed E-state index contributed by atoms with van der Waals surface area (Å²) in [4.78, 5) is 14.0. The normalized spacial score (nSPS) is 13.4. The van der Waals surface area contributed by atoms with Crippen LogP contribution in [-0.2, 0) is 6.42 Å². The Balaban J connectivity index is 1.74. The molecule has 138 valence electrons. The molecule has 0 atom stereocenters. The van der Waals surface area contributed by atoms with Crippen LogP contribution in [0, 0.1) is 13.5 Å². The lowest BCUT2D eigenvalue weighted by molar-refractivity contribution is 0.354. The first-order valence-corrected chi connectivity index (χ1v) is 9.59. The molecule has 1 saturated carbocycles. The quantitative estimate of drug-likeness (QED) is 0.626. The molecular formula is C20H20N4O2S. The summed E-state index contributed by atoms with van der Waals surface area (Å²) in [5.41, 5.74) is 2.01. The van der Waals surface area contributed by atoms with Crippen LogP contribution in [0.2, 0.25) is 0 Å². The van der Waals surface area contributed by atoms with Gasteiger partial charge in [-0.2, -0.15) is 0 Å². The topological polar surface area (TPSA) is 60.6 Å². The highest BCUT2D eigenvalue weighted by Crippen LogP contribution is 2.40. The lowest BCUT2D eigenvalue weighted by atomic mass is 10.1. The molecule has 0 bridgehead atoms. The van der Waals surface area contributed by atoms with Gasteiger partial charge in [0.1, 0.15) is 16.5 Å². The molecule has 3 aromatic rings. The smallest absolute Gasteiger partial charge is 0.246 e. The van der Waals surface area contributed by atoms with E-state index in [2.05, 4.69) is 10.2 Å².